The van der Waals surface area contributed by atoms with E-state index >= 15 is 0 Å². The topological polar surface area (TPSA) is 19.4 Å². The molecule has 0 radical (unpaired) electrons. The van der Waals surface area contributed by atoms with Crippen molar-refractivity contribution in [3.05, 3.63) is 214 Å². The van der Waals surface area contributed by atoms with E-state index in [1.807, 2.05) is 24.3 Å². The summed E-state index contributed by atoms with van der Waals surface area (Å²) in [6, 6.07) is 34.5. The second-order valence-corrected chi connectivity index (χ2v) is 28.1. The number of fused-ring (bicyclic) bond motifs is 1. The molecule has 80 heavy (non-hydrogen) atoms. The number of hydrogen-bond acceptors (Lipinski definition) is 6. The molecule has 3 saturated carbocycles. The summed E-state index contributed by atoms with van der Waals surface area (Å²) < 4.78 is 30.1. The molecule has 430 valence electrons. The number of nitrogens with zero attached hydrogens (tertiary/aromatic N) is 6. The second kappa shape index (κ2) is 29.1. The van der Waals surface area contributed by atoms with Crippen molar-refractivity contribution in [3.8, 4) is 0 Å². The molecule has 12 rings (SSSR count). The average Bonchev–Trinajstić information content (AvgIpc) is 4.24. The van der Waals surface area contributed by atoms with E-state index in [1.54, 1.807) is 0 Å². The molecular weight excluding hydrogens is 1140 g/mol. The van der Waals surface area contributed by atoms with Crippen molar-refractivity contribution in [2.75, 3.05) is 21.4 Å². The maximum atomic E-state index is 9.67. The largest absolute Gasteiger partial charge is 1.00 e. The quantitative estimate of drug-likeness (QED) is 0.0912. The molecule has 6 nitrogen and oxygen atoms in total. The Kier molecular flexibility index (Phi) is 22.7. The van der Waals surface area contributed by atoms with Crippen LogP contribution in [-0.2, 0) is 13.5 Å². The first kappa shape index (κ1) is 62.3. The minimum absolute atomic E-state index is 0. The summed E-state index contributed by atoms with van der Waals surface area (Å²) in [6.45, 7) is 25.3. The molecule has 0 unspecified atom stereocenters. The van der Waals surface area contributed by atoms with Gasteiger partial charge in [0.2, 0.25) is 0 Å². The van der Waals surface area contributed by atoms with Crippen LogP contribution in [0.2, 0.25) is 0 Å². The molecule has 5 aromatic rings. The number of anilines is 3. The van der Waals surface area contributed by atoms with Crippen LogP contribution in [0, 0.1) is 75.7 Å². The van der Waals surface area contributed by atoms with Gasteiger partial charge in [-0.2, -0.15) is 13.3 Å². The number of hydrogen-bond donors (Lipinski definition) is 0. The molecule has 0 amide bonds. The van der Waals surface area contributed by atoms with Crippen molar-refractivity contribution >= 4 is 53.7 Å². The van der Waals surface area contributed by atoms with Gasteiger partial charge in [0.05, 0.1) is 6.67 Å². The van der Waals surface area contributed by atoms with Gasteiger partial charge in [-0.05, 0) is 159 Å². The van der Waals surface area contributed by atoms with Gasteiger partial charge < -0.3 is 34.1 Å². The third kappa shape index (κ3) is 15.8. The molecular formula is C66H80BCl2F4N6Ru-3. The van der Waals surface area contributed by atoms with Crippen LogP contribution in [0.4, 0.5) is 30.0 Å². The first-order valence-corrected chi connectivity index (χ1v) is 33.6. The maximum Gasteiger partial charge on any atom is -1.00 e. The molecule has 14 heteroatoms. The van der Waals surface area contributed by atoms with Crippen molar-refractivity contribution in [1.29, 1.82) is 0 Å². The van der Waals surface area contributed by atoms with E-state index in [0.717, 1.165) is 16.8 Å². The summed E-state index contributed by atoms with van der Waals surface area (Å²) in [5, 5.41) is 0. The van der Waals surface area contributed by atoms with E-state index in [-0.39, 0.29) is 4.70 Å². The normalized spacial score (nSPS) is 17.6. The maximum absolute atomic E-state index is 9.67. The number of halogens is 6. The Bertz CT molecular complexity index is 2740. The third-order valence-corrected chi connectivity index (χ3v) is 19.2. The van der Waals surface area contributed by atoms with Gasteiger partial charge >= 0.3 is 127 Å². The average molecular weight is 1220 g/mol. The van der Waals surface area contributed by atoms with Gasteiger partial charge in [-0.3, -0.25) is 12.9 Å². The van der Waals surface area contributed by atoms with Crippen molar-refractivity contribution in [2.24, 2.45) is 0 Å². The van der Waals surface area contributed by atoms with Crippen LogP contribution in [-0.4, -0.2) is 51.1 Å². The Balaban J connectivity index is 0.000000150. The zero-order valence-corrected chi connectivity index (χ0v) is 51.4. The van der Waals surface area contributed by atoms with Gasteiger partial charge in [-0.15, -0.1) is 0 Å². The molecule has 3 aliphatic heterocycles. The molecule has 0 N–H and O–H groups in total. The van der Waals surface area contributed by atoms with Gasteiger partial charge in [-0.1, -0.05) is 91.6 Å². The summed E-state index contributed by atoms with van der Waals surface area (Å²) in [5.74, 6) is 0. The Labute approximate surface area is 489 Å². The zero-order chi connectivity index (χ0) is 56.3. The minimum Gasteiger partial charge on any atom is -1.00 e. The smallest absolute Gasteiger partial charge is 1.00 e. The van der Waals surface area contributed by atoms with Crippen LogP contribution < -0.4 is 19.4 Å². The number of aryl methyl sites for hydroxylation is 9. The molecule has 7 aliphatic rings. The fourth-order valence-electron chi connectivity index (χ4n) is 12.8. The van der Waals surface area contributed by atoms with Crippen LogP contribution in [0.15, 0.2) is 134 Å². The molecule has 0 aromatic heterocycles. The molecule has 0 saturated heterocycles. The number of allylic oxidation sites excluding steroid dienone is 1. The van der Waals surface area contributed by atoms with Gasteiger partial charge in [0.1, 0.15) is 0 Å². The summed E-state index contributed by atoms with van der Waals surface area (Å²) in [4.78, 5) is 14.3. The zero-order valence-electron chi connectivity index (χ0n) is 48.2. The van der Waals surface area contributed by atoms with E-state index in [0.29, 0.717) is 12.1 Å². The van der Waals surface area contributed by atoms with Crippen molar-refractivity contribution in [1.82, 2.24) is 14.7 Å². The first-order valence-electron chi connectivity index (χ1n) is 28.2. The van der Waals surface area contributed by atoms with E-state index in [4.69, 9.17) is 19.4 Å². The monoisotopic (exact) mass is 1220 g/mol. The summed E-state index contributed by atoms with van der Waals surface area (Å²) in [6.07, 6.45) is 31.9. The predicted octanol–water partition coefficient (Wildman–Crippen LogP) is 15.1. The van der Waals surface area contributed by atoms with Crippen LogP contribution in [0.5, 0.6) is 0 Å². The molecule has 5 aromatic carbocycles. The van der Waals surface area contributed by atoms with Gasteiger partial charge in [0.25, 0.3) is 0 Å². The summed E-state index contributed by atoms with van der Waals surface area (Å²) in [7, 11) is 8.72. The van der Waals surface area contributed by atoms with E-state index in [9.17, 15) is 12.9 Å². The van der Waals surface area contributed by atoms with Crippen LogP contribution in [0.3, 0.4) is 0 Å². The summed E-state index contributed by atoms with van der Waals surface area (Å²) in [5.41, 5.74) is 21.2. The number of benzene rings is 5. The summed E-state index contributed by atoms with van der Waals surface area (Å²) >= 11 is -1.88. The Morgan fingerprint density at radius 1 is 0.475 bits per heavy atom. The fourth-order valence-corrected chi connectivity index (χ4v) is 15.3. The van der Waals surface area contributed by atoms with Crippen LogP contribution >= 0.6 is 19.4 Å². The molecule has 4 aliphatic carbocycles. The second-order valence-electron chi connectivity index (χ2n) is 22.3. The van der Waals surface area contributed by atoms with Crippen LogP contribution in [0.25, 0.3) is 5.57 Å². The third-order valence-electron chi connectivity index (χ3n) is 16.0. The minimum atomic E-state index is -3.67. The van der Waals surface area contributed by atoms with Crippen LogP contribution in [0.1, 0.15) is 144 Å². The van der Waals surface area contributed by atoms with Crippen molar-refractivity contribution in [3.63, 3.8) is 0 Å². The number of rotatable bonds is 7. The van der Waals surface area contributed by atoms with E-state index in [2.05, 4.69) is 215 Å². The molecule has 3 heterocycles. The van der Waals surface area contributed by atoms with Crippen molar-refractivity contribution in [2.45, 2.75) is 157 Å². The van der Waals surface area contributed by atoms with E-state index in [1.165, 1.54) is 166 Å². The Morgan fingerprint density at radius 3 is 1.26 bits per heavy atom. The Hall–Kier alpha value is -5.28. The predicted molar refractivity (Wildman–Crippen MR) is 327 cm³/mol. The molecule has 0 spiro atoms. The Morgan fingerprint density at radius 2 is 0.850 bits per heavy atom. The van der Waals surface area contributed by atoms with Crippen molar-refractivity contribution < 1.29 is 31.2 Å². The fraction of sp³-hybridized carbons (Fsp3) is 0.379. The van der Waals surface area contributed by atoms with Gasteiger partial charge in [0.15, 0.2) is 0 Å². The van der Waals surface area contributed by atoms with Gasteiger partial charge in [0, 0.05) is 47.6 Å². The van der Waals surface area contributed by atoms with E-state index < -0.39 is 21.1 Å². The molecule has 3 fully saturated rings. The first-order chi connectivity index (χ1) is 37.9. The van der Waals surface area contributed by atoms with Gasteiger partial charge in [-0.25, -0.2) is 0 Å². The molecule has 0 atom stereocenters. The molecule has 0 bridgehead atoms. The standard InChI is InChI=1S/C17H24N2.2C17H23N2.C15H10.BF3.2ClH.FH.Ru/c3*1-13-10-14(2)17(15(3)11-13)19-9-8-18(12-19)16-6-4-5-7-16;1-2-6-12(7-3-1)15-11-10-13-8-4-5-9-14(13)15;2-1(3)4;;;;/h8-11,16H,4-7,12H2,1-3H3;2*8-12,16H,4-7H2,1-3H3;1-9,11H;;3*1H;/q;2*-1;;;;;;+2/p-3. The SMILES string of the molecule is Cc1cc(C)c(N2C=CN(C3CCCC3)C2)c(C)c1.Cc1cc(C)c(N2C=CN(C3CCCC3)[CH-]2)c(C)c1.Cc1cc(C)c(N2C=CN(C3CCCC3)[CH-]2)c(C)c1.FB(F)F.[Cl][Ru]([Cl])=[C]1C=C(c2ccccc2)c2ccccc21.[F-].